The molecule has 0 spiro atoms. The number of aliphatic hydroxyl groups excluding tert-OH is 1. The Labute approximate surface area is 120 Å². The molecule has 0 aromatic carbocycles. The lowest BCUT2D eigenvalue weighted by Gasteiger charge is -2.27. The SMILES string of the molecule is COCCc1noc(CN2CCCCCC2CCO)n1. The second kappa shape index (κ2) is 8.34. The molecule has 114 valence electrons. The molecular formula is C14H25N3O3. The topological polar surface area (TPSA) is 71.6 Å². The van der Waals surface area contributed by atoms with Gasteiger partial charge in [-0.05, 0) is 25.8 Å². The van der Waals surface area contributed by atoms with Gasteiger partial charge in [-0.15, -0.1) is 0 Å². The molecular weight excluding hydrogens is 258 g/mol. The summed E-state index contributed by atoms with van der Waals surface area (Å²) in [6.45, 7) is 2.57. The van der Waals surface area contributed by atoms with E-state index in [-0.39, 0.29) is 6.61 Å². The van der Waals surface area contributed by atoms with Crippen molar-refractivity contribution in [3.8, 4) is 0 Å². The summed E-state index contributed by atoms with van der Waals surface area (Å²) in [7, 11) is 1.66. The summed E-state index contributed by atoms with van der Waals surface area (Å²) in [5.41, 5.74) is 0. The van der Waals surface area contributed by atoms with E-state index in [0.717, 1.165) is 19.4 Å². The fourth-order valence-electron chi connectivity index (χ4n) is 2.74. The van der Waals surface area contributed by atoms with Crippen molar-refractivity contribution in [2.45, 2.75) is 51.1 Å². The zero-order chi connectivity index (χ0) is 14.2. The average Bonchev–Trinajstić information content (AvgIpc) is 2.78. The van der Waals surface area contributed by atoms with E-state index in [1.165, 1.54) is 19.3 Å². The minimum atomic E-state index is 0.240. The van der Waals surface area contributed by atoms with Crippen LogP contribution in [0.25, 0.3) is 0 Å². The third-order valence-corrected chi connectivity index (χ3v) is 3.84. The first-order chi connectivity index (χ1) is 9.83. The van der Waals surface area contributed by atoms with Gasteiger partial charge < -0.3 is 14.4 Å². The molecule has 0 bridgehead atoms. The molecule has 2 heterocycles. The molecule has 1 N–H and O–H groups in total. The van der Waals surface area contributed by atoms with Crippen molar-refractivity contribution in [2.75, 3.05) is 26.9 Å². The molecule has 1 atom stereocenters. The van der Waals surface area contributed by atoms with E-state index in [1.54, 1.807) is 7.11 Å². The summed E-state index contributed by atoms with van der Waals surface area (Å²) in [6, 6.07) is 0.428. The van der Waals surface area contributed by atoms with E-state index in [2.05, 4.69) is 15.0 Å². The van der Waals surface area contributed by atoms with Crippen LogP contribution in [0.1, 0.15) is 43.8 Å². The highest BCUT2D eigenvalue weighted by molar-refractivity contribution is 4.88. The Balaban J connectivity index is 1.93. The first kappa shape index (κ1) is 15.4. The molecule has 1 unspecified atom stereocenters. The van der Waals surface area contributed by atoms with Crippen LogP contribution >= 0.6 is 0 Å². The largest absolute Gasteiger partial charge is 0.396 e. The molecule has 0 radical (unpaired) electrons. The smallest absolute Gasteiger partial charge is 0.240 e. The third kappa shape index (κ3) is 4.54. The number of aliphatic hydroxyl groups is 1. The van der Waals surface area contributed by atoms with Crippen LogP contribution in [0.3, 0.4) is 0 Å². The van der Waals surface area contributed by atoms with E-state index >= 15 is 0 Å². The second-order valence-electron chi connectivity index (χ2n) is 5.33. The summed E-state index contributed by atoms with van der Waals surface area (Å²) >= 11 is 0. The Kier molecular flexibility index (Phi) is 6.42. The summed E-state index contributed by atoms with van der Waals surface area (Å²) in [5.74, 6) is 1.37. The van der Waals surface area contributed by atoms with Crippen LogP contribution in [0.4, 0.5) is 0 Å². The fourth-order valence-corrected chi connectivity index (χ4v) is 2.74. The first-order valence-electron chi connectivity index (χ1n) is 7.48. The normalized spacial score (nSPS) is 21.0. The van der Waals surface area contributed by atoms with E-state index in [1.807, 2.05) is 0 Å². The molecule has 1 fully saturated rings. The lowest BCUT2D eigenvalue weighted by molar-refractivity contribution is 0.137. The minimum absolute atomic E-state index is 0.240. The standard InChI is InChI=1S/C14H25N3O3/c1-19-10-7-13-15-14(20-16-13)11-17-8-4-2-3-5-12(17)6-9-18/h12,18H,2-11H2,1H3. The Morgan fingerprint density at radius 3 is 3.10 bits per heavy atom. The average molecular weight is 283 g/mol. The molecule has 20 heavy (non-hydrogen) atoms. The second-order valence-corrected chi connectivity index (χ2v) is 5.33. The molecule has 0 saturated carbocycles. The Bertz CT molecular complexity index is 383. The predicted octanol–water partition coefficient (Wildman–Crippen LogP) is 1.39. The fraction of sp³-hybridized carbons (Fsp3) is 0.857. The van der Waals surface area contributed by atoms with E-state index in [0.29, 0.717) is 37.3 Å². The Morgan fingerprint density at radius 1 is 1.40 bits per heavy atom. The molecule has 6 nitrogen and oxygen atoms in total. The monoisotopic (exact) mass is 283 g/mol. The van der Waals surface area contributed by atoms with Gasteiger partial charge in [0.15, 0.2) is 5.82 Å². The van der Waals surface area contributed by atoms with E-state index < -0.39 is 0 Å². The summed E-state index contributed by atoms with van der Waals surface area (Å²) in [6.07, 6.45) is 6.36. The van der Waals surface area contributed by atoms with Gasteiger partial charge in [-0.1, -0.05) is 18.0 Å². The summed E-state index contributed by atoms with van der Waals surface area (Å²) in [5, 5.41) is 13.2. The molecule has 2 rings (SSSR count). The van der Waals surface area contributed by atoms with Gasteiger partial charge in [0.05, 0.1) is 13.2 Å². The van der Waals surface area contributed by atoms with Gasteiger partial charge in [0.2, 0.25) is 5.89 Å². The Hall–Kier alpha value is -0.980. The van der Waals surface area contributed by atoms with Crippen LogP contribution in [0, 0.1) is 0 Å². The van der Waals surface area contributed by atoms with Gasteiger partial charge in [0.25, 0.3) is 0 Å². The first-order valence-corrected chi connectivity index (χ1v) is 7.48. The van der Waals surface area contributed by atoms with E-state index in [4.69, 9.17) is 9.26 Å². The summed E-state index contributed by atoms with van der Waals surface area (Å²) in [4.78, 5) is 6.78. The van der Waals surface area contributed by atoms with Crippen molar-refractivity contribution >= 4 is 0 Å². The number of methoxy groups -OCH3 is 1. The van der Waals surface area contributed by atoms with Crippen molar-refractivity contribution in [3.63, 3.8) is 0 Å². The molecule has 1 aliphatic heterocycles. The molecule has 1 aliphatic rings. The van der Waals surface area contributed by atoms with Gasteiger partial charge in [0.1, 0.15) is 0 Å². The van der Waals surface area contributed by atoms with Crippen molar-refractivity contribution in [2.24, 2.45) is 0 Å². The van der Waals surface area contributed by atoms with Gasteiger partial charge in [0, 0.05) is 26.2 Å². The highest BCUT2D eigenvalue weighted by Crippen LogP contribution is 2.21. The van der Waals surface area contributed by atoms with Crippen molar-refractivity contribution in [3.05, 3.63) is 11.7 Å². The Morgan fingerprint density at radius 2 is 2.30 bits per heavy atom. The van der Waals surface area contributed by atoms with Crippen molar-refractivity contribution in [1.29, 1.82) is 0 Å². The predicted molar refractivity (Wildman–Crippen MR) is 74.2 cm³/mol. The lowest BCUT2D eigenvalue weighted by atomic mass is 10.1. The third-order valence-electron chi connectivity index (χ3n) is 3.84. The highest BCUT2D eigenvalue weighted by Gasteiger charge is 2.22. The molecule has 0 aliphatic carbocycles. The maximum atomic E-state index is 9.20. The maximum absolute atomic E-state index is 9.20. The van der Waals surface area contributed by atoms with Gasteiger partial charge in [-0.2, -0.15) is 4.98 Å². The minimum Gasteiger partial charge on any atom is -0.396 e. The number of aromatic nitrogens is 2. The van der Waals surface area contributed by atoms with Crippen molar-refractivity contribution < 1.29 is 14.4 Å². The van der Waals surface area contributed by atoms with Gasteiger partial charge >= 0.3 is 0 Å². The van der Waals surface area contributed by atoms with E-state index in [9.17, 15) is 5.11 Å². The molecule has 1 aromatic heterocycles. The number of ether oxygens (including phenoxy) is 1. The highest BCUT2D eigenvalue weighted by atomic mass is 16.5. The number of nitrogens with zero attached hydrogens (tertiary/aromatic N) is 3. The maximum Gasteiger partial charge on any atom is 0.240 e. The molecule has 1 saturated heterocycles. The zero-order valence-electron chi connectivity index (χ0n) is 12.3. The summed E-state index contributed by atoms with van der Waals surface area (Å²) < 4.78 is 10.3. The van der Waals surface area contributed by atoms with Crippen LogP contribution in [0.15, 0.2) is 4.52 Å². The van der Waals surface area contributed by atoms with Crippen LogP contribution in [-0.2, 0) is 17.7 Å². The number of rotatable bonds is 7. The van der Waals surface area contributed by atoms with Crippen molar-refractivity contribution in [1.82, 2.24) is 15.0 Å². The zero-order valence-corrected chi connectivity index (χ0v) is 12.3. The van der Waals surface area contributed by atoms with Gasteiger partial charge in [-0.3, -0.25) is 4.90 Å². The van der Waals surface area contributed by atoms with Gasteiger partial charge in [-0.25, -0.2) is 0 Å². The lowest BCUT2D eigenvalue weighted by Crippen LogP contribution is -2.35. The van der Waals surface area contributed by atoms with Crippen LogP contribution in [0.2, 0.25) is 0 Å². The number of hydrogen-bond donors (Lipinski definition) is 1. The quantitative estimate of drug-likeness (QED) is 0.815. The molecule has 6 heteroatoms. The van der Waals surface area contributed by atoms with Crippen LogP contribution in [-0.4, -0.2) is 53.1 Å². The van der Waals surface area contributed by atoms with Crippen LogP contribution < -0.4 is 0 Å². The number of likely N-dealkylation sites (tertiary alicyclic amines) is 1. The molecule has 1 aromatic rings. The number of hydrogen-bond acceptors (Lipinski definition) is 6. The molecule has 0 amide bonds. The van der Waals surface area contributed by atoms with Crippen LogP contribution in [0.5, 0.6) is 0 Å².